The van der Waals surface area contributed by atoms with Crippen LogP contribution in [0.3, 0.4) is 0 Å². The van der Waals surface area contributed by atoms with Crippen LogP contribution in [-0.4, -0.2) is 32.8 Å². The second kappa shape index (κ2) is 5.05. The molecule has 0 spiro atoms. The summed E-state index contributed by atoms with van der Waals surface area (Å²) in [6.07, 6.45) is 0. The fourth-order valence-electron chi connectivity index (χ4n) is 1.39. The van der Waals surface area contributed by atoms with Crippen molar-refractivity contribution in [3.8, 4) is 11.8 Å². The Morgan fingerprint density at radius 3 is 3.11 bits per heavy atom. The summed E-state index contributed by atoms with van der Waals surface area (Å²) in [5.41, 5.74) is 0.986. The second-order valence-electron chi connectivity index (χ2n) is 3.30. The van der Waals surface area contributed by atoms with Crippen LogP contribution in [0, 0.1) is 11.3 Å². The van der Waals surface area contributed by atoms with E-state index in [-0.39, 0.29) is 12.4 Å². The van der Waals surface area contributed by atoms with Crippen molar-refractivity contribution in [2.45, 2.75) is 6.92 Å². The molecule has 0 amide bonds. The van der Waals surface area contributed by atoms with E-state index in [1.165, 1.54) is 4.68 Å². The maximum atomic E-state index is 11.6. The molecule has 0 saturated carbocycles. The van der Waals surface area contributed by atoms with Crippen LogP contribution in [0.25, 0.3) is 5.69 Å². The van der Waals surface area contributed by atoms with Crippen molar-refractivity contribution in [3.63, 3.8) is 0 Å². The second-order valence-corrected chi connectivity index (χ2v) is 3.30. The van der Waals surface area contributed by atoms with Gasteiger partial charge in [-0.2, -0.15) is 9.94 Å². The molecule has 0 atom stereocenters. The van der Waals surface area contributed by atoms with Crippen LogP contribution < -0.4 is 0 Å². The summed E-state index contributed by atoms with van der Waals surface area (Å²) >= 11 is 0. The minimum Gasteiger partial charge on any atom is -0.460 e. The van der Waals surface area contributed by atoms with Crippen LogP contribution in [-0.2, 0) is 4.74 Å². The minimum atomic E-state index is -0.607. The van der Waals surface area contributed by atoms with Crippen molar-refractivity contribution in [1.29, 1.82) is 5.26 Å². The van der Waals surface area contributed by atoms with Gasteiger partial charge in [-0.25, -0.2) is 4.79 Å². The Bertz CT molecular complexity index is 614. The van der Waals surface area contributed by atoms with E-state index in [0.29, 0.717) is 11.3 Å². The summed E-state index contributed by atoms with van der Waals surface area (Å²) in [4.78, 5) is 11.6. The van der Waals surface area contributed by atoms with E-state index < -0.39 is 5.97 Å². The molecule has 0 aliphatic heterocycles. The van der Waals surface area contributed by atoms with Gasteiger partial charge in [-0.15, -0.1) is 5.10 Å². The lowest BCUT2D eigenvalue weighted by Gasteiger charge is -2.03. The zero-order valence-electron chi connectivity index (χ0n) is 9.57. The highest BCUT2D eigenvalue weighted by Gasteiger charge is 2.17. The molecule has 90 valence electrons. The number of tetrazole rings is 1. The number of hydrogen-bond donors (Lipinski definition) is 0. The van der Waals surface area contributed by atoms with Crippen LogP contribution in [0.15, 0.2) is 24.3 Å². The largest absolute Gasteiger partial charge is 0.460 e. The Kier molecular flexibility index (Phi) is 3.29. The zero-order chi connectivity index (χ0) is 13.0. The first-order valence-electron chi connectivity index (χ1n) is 5.22. The van der Waals surface area contributed by atoms with Crippen molar-refractivity contribution in [3.05, 3.63) is 35.7 Å². The third-order valence-corrected chi connectivity index (χ3v) is 2.15. The molecule has 0 fully saturated rings. The first kappa shape index (κ1) is 11.7. The Hall–Kier alpha value is -2.75. The van der Waals surface area contributed by atoms with Crippen molar-refractivity contribution in [1.82, 2.24) is 20.2 Å². The lowest BCUT2D eigenvalue weighted by Crippen LogP contribution is -2.13. The van der Waals surface area contributed by atoms with Gasteiger partial charge in [0.15, 0.2) is 0 Å². The van der Waals surface area contributed by atoms with Crippen molar-refractivity contribution < 1.29 is 9.53 Å². The number of nitriles is 1. The Balaban J connectivity index is 2.42. The molecule has 2 rings (SSSR count). The topological polar surface area (TPSA) is 93.7 Å². The van der Waals surface area contributed by atoms with Gasteiger partial charge in [-0.05, 0) is 35.5 Å². The molecule has 1 heterocycles. The van der Waals surface area contributed by atoms with E-state index in [9.17, 15) is 4.79 Å². The highest BCUT2D eigenvalue weighted by Crippen LogP contribution is 2.10. The van der Waals surface area contributed by atoms with Gasteiger partial charge in [0, 0.05) is 0 Å². The standard InChI is InChI=1S/C11H9N5O2/c1-2-18-11(17)10-13-14-15-16(10)9-5-3-4-8(6-9)7-12/h3-6H,2H2,1H3. The number of carbonyl (C=O) groups is 1. The molecule has 0 bridgehead atoms. The fraction of sp³-hybridized carbons (Fsp3) is 0.182. The highest BCUT2D eigenvalue weighted by molar-refractivity contribution is 5.85. The van der Waals surface area contributed by atoms with E-state index in [1.54, 1.807) is 31.2 Å². The molecule has 0 N–H and O–H groups in total. The van der Waals surface area contributed by atoms with Gasteiger partial charge >= 0.3 is 5.97 Å². The smallest absolute Gasteiger partial charge is 0.378 e. The van der Waals surface area contributed by atoms with Gasteiger partial charge in [0.1, 0.15) is 0 Å². The summed E-state index contributed by atoms with van der Waals surface area (Å²) < 4.78 is 6.07. The normalized spacial score (nSPS) is 9.78. The fourth-order valence-corrected chi connectivity index (χ4v) is 1.39. The number of carbonyl (C=O) groups excluding carboxylic acids is 1. The van der Waals surface area contributed by atoms with Gasteiger partial charge in [-0.1, -0.05) is 6.07 Å². The first-order valence-corrected chi connectivity index (χ1v) is 5.22. The van der Waals surface area contributed by atoms with E-state index >= 15 is 0 Å². The number of rotatable bonds is 3. The maximum Gasteiger partial charge on any atom is 0.378 e. The predicted molar refractivity (Wildman–Crippen MR) is 59.8 cm³/mol. The van der Waals surface area contributed by atoms with Gasteiger partial charge in [-0.3, -0.25) is 0 Å². The summed E-state index contributed by atoms with van der Waals surface area (Å²) in [6, 6.07) is 8.62. The molecule has 0 aliphatic rings. The molecule has 0 unspecified atom stereocenters. The highest BCUT2D eigenvalue weighted by atomic mass is 16.5. The molecule has 1 aromatic carbocycles. The van der Waals surface area contributed by atoms with Crippen LogP contribution >= 0.6 is 0 Å². The lowest BCUT2D eigenvalue weighted by atomic mass is 10.2. The molecule has 7 heteroatoms. The molecule has 7 nitrogen and oxygen atoms in total. The van der Waals surface area contributed by atoms with Gasteiger partial charge in [0.2, 0.25) is 0 Å². The number of ether oxygens (including phenoxy) is 1. The summed E-state index contributed by atoms with van der Waals surface area (Å²) in [7, 11) is 0. The Morgan fingerprint density at radius 1 is 1.56 bits per heavy atom. The van der Waals surface area contributed by atoms with E-state index in [1.807, 2.05) is 6.07 Å². The Labute approximate surface area is 103 Å². The van der Waals surface area contributed by atoms with Crippen LogP contribution in [0.4, 0.5) is 0 Å². The molecule has 1 aromatic heterocycles. The van der Waals surface area contributed by atoms with Crippen LogP contribution in [0.1, 0.15) is 23.1 Å². The van der Waals surface area contributed by atoms with Gasteiger partial charge in [0.25, 0.3) is 5.82 Å². The quantitative estimate of drug-likeness (QED) is 0.737. The average Bonchev–Trinajstić information content (AvgIpc) is 2.88. The molecule has 2 aromatic rings. The SMILES string of the molecule is CCOC(=O)c1nnnn1-c1cccc(C#N)c1. The molecule has 0 saturated heterocycles. The third kappa shape index (κ3) is 2.17. The lowest BCUT2D eigenvalue weighted by molar-refractivity contribution is 0.0508. The summed E-state index contributed by atoms with van der Waals surface area (Å²) in [6.45, 7) is 1.94. The van der Waals surface area contributed by atoms with Crippen LogP contribution in [0.5, 0.6) is 0 Å². The zero-order valence-corrected chi connectivity index (χ0v) is 9.57. The predicted octanol–water partition coefficient (Wildman–Crippen LogP) is 0.711. The average molecular weight is 243 g/mol. The number of esters is 1. The molecular formula is C11H9N5O2. The van der Waals surface area contributed by atoms with Gasteiger partial charge < -0.3 is 4.74 Å². The molecule has 0 aliphatic carbocycles. The minimum absolute atomic E-state index is 0.0214. The van der Waals surface area contributed by atoms with E-state index in [4.69, 9.17) is 10.00 Å². The first-order chi connectivity index (χ1) is 8.76. The molecular weight excluding hydrogens is 234 g/mol. The van der Waals surface area contributed by atoms with Crippen molar-refractivity contribution >= 4 is 5.97 Å². The number of hydrogen-bond acceptors (Lipinski definition) is 6. The third-order valence-electron chi connectivity index (χ3n) is 2.15. The van der Waals surface area contributed by atoms with Gasteiger partial charge in [0.05, 0.1) is 23.9 Å². The number of nitrogens with zero attached hydrogens (tertiary/aromatic N) is 5. The Morgan fingerprint density at radius 2 is 2.39 bits per heavy atom. The number of benzene rings is 1. The maximum absolute atomic E-state index is 11.6. The molecule has 0 radical (unpaired) electrons. The van der Waals surface area contributed by atoms with E-state index in [0.717, 1.165) is 0 Å². The monoisotopic (exact) mass is 243 g/mol. The van der Waals surface area contributed by atoms with Crippen LogP contribution in [0.2, 0.25) is 0 Å². The van der Waals surface area contributed by atoms with Crippen molar-refractivity contribution in [2.24, 2.45) is 0 Å². The van der Waals surface area contributed by atoms with Crippen molar-refractivity contribution in [2.75, 3.05) is 6.61 Å². The summed E-state index contributed by atoms with van der Waals surface area (Å²) in [5.74, 6) is -0.628. The number of aromatic nitrogens is 4. The summed E-state index contributed by atoms with van der Waals surface area (Å²) in [5, 5.41) is 19.6. The molecule has 18 heavy (non-hydrogen) atoms. The van der Waals surface area contributed by atoms with E-state index in [2.05, 4.69) is 15.5 Å².